The number of fused-ring (bicyclic) bond motifs is 2. The lowest BCUT2D eigenvalue weighted by atomic mass is 10.1. The number of carboxylic acids is 2. The number of anilines is 3. The molecule has 0 unspecified atom stereocenters. The maximum Gasteiger partial charge on any atom is 0.370 e. The number of halogens is 2. The molecular weight excluding hydrogens is 709 g/mol. The van der Waals surface area contributed by atoms with E-state index < -0.39 is 11.9 Å². The van der Waals surface area contributed by atoms with Crippen molar-refractivity contribution in [1.82, 2.24) is 0 Å². The van der Waals surface area contributed by atoms with Crippen molar-refractivity contribution in [3.63, 3.8) is 0 Å². The fraction of sp³-hybridized carbons (Fsp3) is 0.103. The summed E-state index contributed by atoms with van der Waals surface area (Å²) in [4.78, 5) is 28.8. The summed E-state index contributed by atoms with van der Waals surface area (Å²) in [5, 5.41) is 22.2. The van der Waals surface area contributed by atoms with Crippen molar-refractivity contribution in [3.8, 4) is 0 Å². The molecule has 0 amide bonds. The number of carboxylic acid groups (broad SMARTS) is 2. The van der Waals surface area contributed by atoms with Crippen LogP contribution in [0, 0.1) is 0 Å². The number of aromatic nitrogens is 1. The molecule has 2 heterocycles. The van der Waals surface area contributed by atoms with Gasteiger partial charge in [0.2, 0.25) is 12.1 Å². The van der Waals surface area contributed by atoms with E-state index in [1.165, 1.54) is 23.1 Å². The van der Waals surface area contributed by atoms with Gasteiger partial charge in [0.15, 0.2) is 0 Å². The number of carbonyl (C=O) groups is 2. The summed E-state index contributed by atoms with van der Waals surface area (Å²) in [5.74, 6) is -1.87. The lowest BCUT2D eigenvalue weighted by molar-refractivity contribution is -0.657. The molecule has 1 aliphatic heterocycles. The van der Waals surface area contributed by atoms with Crippen LogP contribution in [0.5, 0.6) is 0 Å². The number of allylic oxidation sites excluding steroid dienone is 5. The summed E-state index contributed by atoms with van der Waals surface area (Å²) in [6.45, 7) is -0.383. The number of rotatable bonds is 10. The number of benzene rings is 4. The largest absolute Gasteiger partial charge is 0.480 e. The van der Waals surface area contributed by atoms with Gasteiger partial charge in [-0.25, -0.2) is 4.79 Å². The summed E-state index contributed by atoms with van der Waals surface area (Å²) in [7, 11) is 0. The molecule has 2 N–H and O–H groups in total. The van der Waals surface area contributed by atoms with Crippen LogP contribution < -0.4 is 14.4 Å². The van der Waals surface area contributed by atoms with Crippen LogP contribution in [0.25, 0.3) is 16.3 Å². The van der Waals surface area contributed by atoms with Crippen LogP contribution in [-0.2, 0) is 16.1 Å². The van der Waals surface area contributed by atoms with E-state index in [4.69, 9.17) is 23.2 Å². The van der Waals surface area contributed by atoms with Crippen LogP contribution in [0.3, 0.4) is 0 Å². The van der Waals surface area contributed by atoms with Crippen molar-refractivity contribution in [2.45, 2.75) is 24.3 Å². The van der Waals surface area contributed by atoms with E-state index in [2.05, 4.69) is 41.3 Å². The number of aliphatic carboxylic acids is 2. The van der Waals surface area contributed by atoms with Crippen molar-refractivity contribution in [1.29, 1.82) is 0 Å². The van der Waals surface area contributed by atoms with E-state index in [0.29, 0.717) is 10.0 Å². The first kappa shape index (κ1) is 33.7. The van der Waals surface area contributed by atoms with Crippen molar-refractivity contribution < 1.29 is 24.4 Å². The molecule has 11 heteroatoms. The minimum Gasteiger partial charge on any atom is -0.480 e. The number of thiazole rings is 1. The zero-order valence-electron chi connectivity index (χ0n) is 26.5. The zero-order valence-corrected chi connectivity index (χ0v) is 29.6. The zero-order chi connectivity index (χ0) is 34.8. The summed E-state index contributed by atoms with van der Waals surface area (Å²) < 4.78 is 2.73. The lowest BCUT2D eigenvalue weighted by Crippen LogP contribution is -2.39. The molecule has 250 valence electrons. The summed E-state index contributed by atoms with van der Waals surface area (Å²) in [5.41, 5.74) is 6.69. The minimum absolute atomic E-state index is 0.192. The monoisotopic (exact) mass is 738 g/mol. The van der Waals surface area contributed by atoms with E-state index >= 15 is 0 Å². The van der Waals surface area contributed by atoms with Gasteiger partial charge in [0, 0.05) is 38.5 Å². The maximum absolute atomic E-state index is 11.9. The molecule has 0 saturated carbocycles. The summed E-state index contributed by atoms with van der Waals surface area (Å²) in [6, 6.07) is 31.4. The predicted octanol–water partition coefficient (Wildman–Crippen LogP) is 9.94. The van der Waals surface area contributed by atoms with Crippen molar-refractivity contribution in [2.24, 2.45) is 0 Å². The van der Waals surface area contributed by atoms with Gasteiger partial charge in [0.05, 0.1) is 16.4 Å². The Kier molecular flexibility index (Phi) is 9.83. The number of hydrogen-bond donors (Lipinski definition) is 2. The Bertz CT molecular complexity index is 2210. The average Bonchev–Trinajstić information content (AvgIpc) is 3.76. The number of nitrogens with zero attached hydrogens (tertiary/aromatic N) is 3. The normalized spacial score (nSPS) is 15.9. The van der Waals surface area contributed by atoms with E-state index in [9.17, 15) is 19.8 Å². The molecule has 0 spiro atoms. The first-order valence-electron chi connectivity index (χ1n) is 15.8. The molecule has 0 atom stereocenters. The Hall–Kier alpha value is -4.80. The Labute approximate surface area is 307 Å². The Balaban J connectivity index is 1.37. The molecule has 1 aromatic heterocycles. The van der Waals surface area contributed by atoms with Crippen molar-refractivity contribution in [2.75, 3.05) is 16.3 Å². The van der Waals surface area contributed by atoms with Crippen molar-refractivity contribution >= 4 is 91.6 Å². The average molecular weight is 740 g/mol. The van der Waals surface area contributed by atoms with Crippen LogP contribution in [0.2, 0.25) is 10.0 Å². The highest BCUT2D eigenvalue weighted by molar-refractivity contribution is 8.03. The molecule has 0 bridgehead atoms. The fourth-order valence-electron chi connectivity index (χ4n) is 6.22. The van der Waals surface area contributed by atoms with E-state index in [1.54, 1.807) is 21.6 Å². The molecule has 7 nitrogen and oxygen atoms in total. The first-order valence-corrected chi connectivity index (χ1v) is 18.2. The Morgan fingerprint density at radius 3 is 2.18 bits per heavy atom. The van der Waals surface area contributed by atoms with Crippen LogP contribution in [0.1, 0.15) is 17.8 Å². The maximum atomic E-state index is 11.9. The van der Waals surface area contributed by atoms with Gasteiger partial charge in [0.25, 0.3) is 5.01 Å². The standard InChI is InChI=1S/C39H29Cl2N3O4S2/c40-27-15-17-33-31(21-27)42(23-37(45)46)35(49-33)19-13-25-11-12-26(39(25)44(29-7-3-1-4-8-29)30-9-5-2-6-10-30)14-20-36-43(24-38(47)48)32-22-28(41)16-18-34(32)50-36/h1-10,13-22H,11-12,23-24H2,(H-,45,46,47,48)/p+1. The highest BCUT2D eigenvalue weighted by Crippen LogP contribution is 2.48. The van der Waals surface area contributed by atoms with Gasteiger partial charge in [-0.2, -0.15) is 4.57 Å². The second-order valence-corrected chi connectivity index (χ2v) is 14.6. The second-order valence-electron chi connectivity index (χ2n) is 11.6. The van der Waals surface area contributed by atoms with Crippen LogP contribution in [-0.4, -0.2) is 28.7 Å². The smallest absolute Gasteiger partial charge is 0.370 e. The quantitative estimate of drug-likeness (QED) is 0.138. The summed E-state index contributed by atoms with van der Waals surface area (Å²) in [6.07, 6.45) is 9.66. The van der Waals surface area contributed by atoms with Crippen LogP contribution in [0.4, 0.5) is 17.1 Å². The minimum atomic E-state index is -0.936. The third kappa shape index (κ3) is 7.09. The second kappa shape index (κ2) is 14.6. The van der Waals surface area contributed by atoms with E-state index in [0.717, 1.165) is 71.9 Å². The Morgan fingerprint density at radius 2 is 1.50 bits per heavy atom. The summed E-state index contributed by atoms with van der Waals surface area (Å²) >= 11 is 15.7. The van der Waals surface area contributed by atoms with Gasteiger partial charge < -0.3 is 20.0 Å². The van der Waals surface area contributed by atoms with Crippen LogP contribution in [0.15, 0.2) is 142 Å². The van der Waals surface area contributed by atoms with Gasteiger partial charge >= 0.3 is 11.9 Å². The number of hydrogen-bond acceptors (Lipinski definition) is 6. The van der Waals surface area contributed by atoms with Gasteiger partial charge in [0.1, 0.15) is 11.2 Å². The third-order valence-corrected chi connectivity index (χ3v) is 11.1. The topological polar surface area (TPSA) is 85.0 Å². The molecule has 2 aliphatic rings. The van der Waals surface area contributed by atoms with Gasteiger partial charge in [-0.15, -0.1) is 0 Å². The molecule has 0 radical (unpaired) electrons. The molecule has 7 rings (SSSR count). The fourth-order valence-corrected chi connectivity index (χ4v) is 8.64. The van der Waals surface area contributed by atoms with E-state index in [1.807, 2.05) is 72.8 Å². The number of para-hydroxylation sites is 2. The molecule has 5 aromatic rings. The molecule has 4 aromatic carbocycles. The van der Waals surface area contributed by atoms with Gasteiger partial charge in [-0.3, -0.25) is 4.79 Å². The lowest BCUT2D eigenvalue weighted by Gasteiger charge is -2.28. The molecule has 0 saturated heterocycles. The molecule has 1 aliphatic carbocycles. The molecular formula is C39H30Cl2N3O4S2+. The third-order valence-electron chi connectivity index (χ3n) is 8.35. The highest BCUT2D eigenvalue weighted by Gasteiger charge is 2.29. The predicted molar refractivity (Wildman–Crippen MR) is 203 cm³/mol. The molecule has 50 heavy (non-hydrogen) atoms. The number of thioether (sulfide) groups is 1. The van der Waals surface area contributed by atoms with Gasteiger partial charge in [-0.05, 0) is 90.7 Å². The highest BCUT2D eigenvalue weighted by atomic mass is 35.5. The van der Waals surface area contributed by atoms with Crippen molar-refractivity contribution in [3.05, 3.63) is 152 Å². The Morgan fingerprint density at radius 1 is 0.820 bits per heavy atom. The molecule has 0 fully saturated rings. The van der Waals surface area contributed by atoms with E-state index in [-0.39, 0.29) is 13.1 Å². The van der Waals surface area contributed by atoms with Crippen LogP contribution >= 0.6 is 46.3 Å². The SMILES string of the molecule is O=C(O)CN1C(=CC=C2CCC(C=Cc3sc4ccc(Cl)cc4[n+]3CC(=O)O)=C2N(c2ccccc2)c2ccccc2)Sc2ccc(Cl)cc21. The van der Waals surface area contributed by atoms with Gasteiger partial charge in [-0.1, -0.05) is 88.8 Å². The first-order chi connectivity index (χ1) is 24.2.